The molecular weight excluding hydrogens is 264 g/mol. The highest BCUT2D eigenvalue weighted by atomic mass is 16.5. The van der Waals surface area contributed by atoms with Gasteiger partial charge in [-0.25, -0.2) is 0 Å². The summed E-state index contributed by atoms with van der Waals surface area (Å²) in [5.41, 5.74) is 4.17. The molecule has 0 spiro atoms. The second kappa shape index (κ2) is 4.58. The van der Waals surface area contributed by atoms with Crippen molar-refractivity contribution in [2.24, 2.45) is 0 Å². The fourth-order valence-corrected chi connectivity index (χ4v) is 3.41. The second-order valence-electron chi connectivity index (χ2n) is 5.53. The van der Waals surface area contributed by atoms with E-state index in [1.807, 2.05) is 23.1 Å². The summed E-state index contributed by atoms with van der Waals surface area (Å²) in [6, 6.07) is 9.97. The van der Waals surface area contributed by atoms with E-state index in [4.69, 9.17) is 4.74 Å². The number of pyridine rings is 1. The number of benzene rings is 1. The second-order valence-corrected chi connectivity index (χ2v) is 5.53. The largest absolute Gasteiger partial charge is 0.497 e. The smallest absolute Gasteiger partial charge is 0.256 e. The van der Waals surface area contributed by atoms with Gasteiger partial charge >= 0.3 is 0 Å². The predicted octanol–water partition coefficient (Wildman–Crippen LogP) is 2.39. The molecule has 3 heterocycles. The fourth-order valence-electron chi connectivity index (χ4n) is 3.41. The Morgan fingerprint density at radius 2 is 2.24 bits per heavy atom. The Morgan fingerprint density at radius 1 is 1.33 bits per heavy atom. The Balaban J connectivity index is 1.80. The van der Waals surface area contributed by atoms with Gasteiger partial charge in [-0.2, -0.15) is 0 Å². The molecule has 4 rings (SSSR count). The highest BCUT2D eigenvalue weighted by Crippen LogP contribution is 2.38. The van der Waals surface area contributed by atoms with Crippen LogP contribution in [0.5, 0.6) is 5.75 Å². The van der Waals surface area contributed by atoms with Crippen molar-refractivity contribution in [1.29, 1.82) is 0 Å². The highest BCUT2D eigenvalue weighted by Gasteiger charge is 2.37. The third kappa shape index (κ3) is 1.82. The molecule has 0 aliphatic carbocycles. The van der Waals surface area contributed by atoms with Gasteiger partial charge in [0, 0.05) is 19.2 Å². The molecule has 106 valence electrons. The molecule has 0 saturated heterocycles. The van der Waals surface area contributed by atoms with Gasteiger partial charge in [-0.1, -0.05) is 6.07 Å². The summed E-state index contributed by atoms with van der Waals surface area (Å²) in [7, 11) is 1.68. The maximum absolute atomic E-state index is 12.6. The Bertz CT molecular complexity index is 726. The molecule has 2 aliphatic heterocycles. The lowest BCUT2D eigenvalue weighted by Crippen LogP contribution is -2.44. The van der Waals surface area contributed by atoms with E-state index < -0.39 is 0 Å². The molecule has 1 aromatic carbocycles. The fraction of sp³-hybridized carbons (Fsp3) is 0.294. The molecule has 0 unspecified atom stereocenters. The Hall–Kier alpha value is -2.36. The first-order valence-corrected chi connectivity index (χ1v) is 7.19. The van der Waals surface area contributed by atoms with Crippen LogP contribution in [0.2, 0.25) is 0 Å². The summed E-state index contributed by atoms with van der Waals surface area (Å²) in [5.74, 6) is 0.985. The van der Waals surface area contributed by atoms with E-state index in [1.54, 1.807) is 13.3 Å². The Labute approximate surface area is 123 Å². The third-order valence-corrected chi connectivity index (χ3v) is 4.48. The molecule has 0 bridgehead atoms. The van der Waals surface area contributed by atoms with Crippen molar-refractivity contribution < 1.29 is 9.53 Å². The van der Waals surface area contributed by atoms with E-state index in [9.17, 15) is 4.79 Å². The van der Waals surface area contributed by atoms with Crippen LogP contribution in [0, 0.1) is 0 Å². The number of carbonyl (C=O) groups is 1. The van der Waals surface area contributed by atoms with Crippen molar-refractivity contribution >= 4 is 5.91 Å². The van der Waals surface area contributed by atoms with Crippen LogP contribution in [-0.4, -0.2) is 29.4 Å². The monoisotopic (exact) mass is 280 g/mol. The van der Waals surface area contributed by atoms with Crippen LogP contribution in [0.3, 0.4) is 0 Å². The molecule has 0 radical (unpaired) electrons. The van der Waals surface area contributed by atoms with Gasteiger partial charge in [0.25, 0.3) is 5.91 Å². The topological polar surface area (TPSA) is 42.4 Å². The molecule has 1 atom stereocenters. The van der Waals surface area contributed by atoms with Crippen LogP contribution in [0.4, 0.5) is 0 Å². The van der Waals surface area contributed by atoms with Crippen LogP contribution < -0.4 is 4.74 Å². The van der Waals surface area contributed by atoms with Gasteiger partial charge in [0.15, 0.2) is 0 Å². The minimum Gasteiger partial charge on any atom is -0.497 e. The first kappa shape index (κ1) is 12.4. The lowest BCUT2D eigenvalue weighted by atomic mass is 9.85. The number of carbonyl (C=O) groups excluding carboxylic acids is 1. The van der Waals surface area contributed by atoms with E-state index in [-0.39, 0.29) is 11.9 Å². The molecule has 4 nitrogen and oxygen atoms in total. The number of nitrogens with zero attached hydrogens (tertiary/aromatic N) is 2. The molecule has 2 aromatic rings. The molecular formula is C17H16N2O2. The van der Waals surface area contributed by atoms with E-state index >= 15 is 0 Å². The van der Waals surface area contributed by atoms with Crippen LogP contribution in [0.15, 0.2) is 36.5 Å². The molecule has 1 aromatic heterocycles. The molecule has 2 aliphatic rings. The predicted molar refractivity (Wildman–Crippen MR) is 78.4 cm³/mol. The number of rotatable bonds is 1. The van der Waals surface area contributed by atoms with E-state index in [0.717, 1.165) is 36.4 Å². The van der Waals surface area contributed by atoms with Crippen molar-refractivity contribution in [2.45, 2.75) is 18.9 Å². The van der Waals surface area contributed by atoms with Crippen molar-refractivity contribution in [2.75, 3.05) is 13.7 Å². The number of ether oxygens (including phenoxy) is 1. The standard InChI is InChI=1S/C17H16N2O2/c1-21-12-4-5-13-11(9-12)6-8-19-16(13)10-15-14(17(19)20)3-2-7-18-15/h2-5,7,9,16H,6,8,10H2,1H3/t16-/m1/s1. The number of aromatic nitrogens is 1. The van der Waals surface area contributed by atoms with Crippen LogP contribution in [-0.2, 0) is 12.8 Å². The normalized spacial score (nSPS) is 19.6. The average Bonchev–Trinajstić information content (AvgIpc) is 2.54. The number of hydrogen-bond acceptors (Lipinski definition) is 3. The zero-order valence-corrected chi connectivity index (χ0v) is 11.9. The minimum atomic E-state index is 0.106. The van der Waals surface area contributed by atoms with E-state index in [2.05, 4.69) is 17.1 Å². The highest BCUT2D eigenvalue weighted by molar-refractivity contribution is 5.96. The summed E-state index contributed by atoms with van der Waals surface area (Å²) >= 11 is 0. The van der Waals surface area contributed by atoms with Gasteiger partial charge in [0.2, 0.25) is 0 Å². The van der Waals surface area contributed by atoms with Crippen molar-refractivity contribution in [3.63, 3.8) is 0 Å². The molecule has 0 fully saturated rings. The maximum Gasteiger partial charge on any atom is 0.256 e. The molecule has 4 heteroatoms. The average molecular weight is 280 g/mol. The number of fused-ring (bicyclic) bond motifs is 4. The third-order valence-electron chi connectivity index (χ3n) is 4.48. The Kier molecular flexibility index (Phi) is 2.70. The molecule has 0 saturated carbocycles. The summed E-state index contributed by atoms with van der Waals surface area (Å²) in [5, 5.41) is 0. The molecule has 21 heavy (non-hydrogen) atoms. The van der Waals surface area contributed by atoms with Crippen molar-refractivity contribution in [3.8, 4) is 5.75 Å². The quantitative estimate of drug-likeness (QED) is 0.805. The van der Waals surface area contributed by atoms with Gasteiger partial charge in [-0.3, -0.25) is 9.78 Å². The summed E-state index contributed by atoms with van der Waals surface area (Å²) < 4.78 is 5.30. The molecule has 0 N–H and O–H groups in total. The number of methoxy groups -OCH3 is 1. The minimum absolute atomic E-state index is 0.106. The number of hydrogen-bond donors (Lipinski definition) is 0. The van der Waals surface area contributed by atoms with Gasteiger partial charge in [0.05, 0.1) is 24.4 Å². The summed E-state index contributed by atoms with van der Waals surface area (Å²) in [4.78, 5) is 19.0. The van der Waals surface area contributed by atoms with E-state index in [0.29, 0.717) is 0 Å². The van der Waals surface area contributed by atoms with Crippen LogP contribution in [0.1, 0.15) is 33.2 Å². The van der Waals surface area contributed by atoms with E-state index in [1.165, 1.54) is 11.1 Å². The zero-order chi connectivity index (χ0) is 14.4. The van der Waals surface area contributed by atoms with Crippen LogP contribution in [0.25, 0.3) is 0 Å². The lowest BCUT2D eigenvalue weighted by Gasteiger charge is -2.40. The van der Waals surface area contributed by atoms with Crippen molar-refractivity contribution in [1.82, 2.24) is 9.88 Å². The number of amides is 1. The maximum atomic E-state index is 12.6. The molecule has 1 amide bonds. The Morgan fingerprint density at radius 3 is 3.10 bits per heavy atom. The summed E-state index contributed by atoms with van der Waals surface area (Å²) in [6.07, 6.45) is 3.44. The summed E-state index contributed by atoms with van der Waals surface area (Å²) in [6.45, 7) is 0.762. The van der Waals surface area contributed by atoms with Crippen molar-refractivity contribution in [3.05, 3.63) is 58.9 Å². The van der Waals surface area contributed by atoms with Gasteiger partial charge < -0.3 is 9.64 Å². The van der Waals surface area contributed by atoms with Gasteiger partial charge in [-0.15, -0.1) is 0 Å². The SMILES string of the molecule is COc1ccc2c(c1)CCN1C(=O)c3cccnc3C[C@H]21. The first-order chi connectivity index (χ1) is 10.3. The van der Waals surface area contributed by atoms with Gasteiger partial charge in [0.1, 0.15) is 5.75 Å². The lowest BCUT2D eigenvalue weighted by molar-refractivity contribution is 0.0628. The van der Waals surface area contributed by atoms with Gasteiger partial charge in [-0.05, 0) is 41.8 Å². The zero-order valence-electron chi connectivity index (χ0n) is 11.9. The first-order valence-electron chi connectivity index (χ1n) is 7.19. The van der Waals surface area contributed by atoms with Crippen LogP contribution >= 0.6 is 0 Å².